The third-order valence-electron chi connectivity index (χ3n) is 3.06. The van der Waals surface area contributed by atoms with Crippen LogP contribution in [0.15, 0.2) is 12.3 Å². The standard InChI is InChI=1S/C12H15N3O2/c1-16-11-7-17-6-9(11)2-8-3-12(14)15-5-10(8)4-13/h3,5,9,11H,2,6-7H2,1H3,(H2,14,15)/t9-,11-/m0/s1. The van der Waals surface area contributed by atoms with Crippen LogP contribution in [-0.2, 0) is 15.9 Å². The second kappa shape index (κ2) is 5.13. The molecule has 17 heavy (non-hydrogen) atoms. The maximum Gasteiger partial charge on any atom is 0.123 e. The van der Waals surface area contributed by atoms with Crippen LogP contribution in [0, 0.1) is 17.2 Å². The number of nitrogens with zero attached hydrogens (tertiary/aromatic N) is 2. The van der Waals surface area contributed by atoms with Crippen LogP contribution in [-0.4, -0.2) is 31.4 Å². The van der Waals surface area contributed by atoms with Gasteiger partial charge in [-0.05, 0) is 18.1 Å². The molecule has 2 atom stereocenters. The fourth-order valence-corrected chi connectivity index (χ4v) is 2.10. The van der Waals surface area contributed by atoms with E-state index in [1.807, 2.05) is 0 Å². The van der Waals surface area contributed by atoms with Crippen molar-refractivity contribution in [3.05, 3.63) is 23.4 Å². The second-order valence-corrected chi connectivity index (χ2v) is 4.15. The van der Waals surface area contributed by atoms with Gasteiger partial charge in [-0.15, -0.1) is 0 Å². The van der Waals surface area contributed by atoms with Gasteiger partial charge < -0.3 is 15.2 Å². The molecule has 1 aliphatic heterocycles. The number of hydrogen-bond acceptors (Lipinski definition) is 5. The van der Waals surface area contributed by atoms with Gasteiger partial charge in [-0.1, -0.05) is 0 Å². The van der Waals surface area contributed by atoms with Crippen LogP contribution >= 0.6 is 0 Å². The molecule has 0 amide bonds. The van der Waals surface area contributed by atoms with E-state index < -0.39 is 0 Å². The molecule has 2 heterocycles. The number of anilines is 1. The molecule has 2 rings (SSSR count). The van der Waals surface area contributed by atoms with Crippen molar-refractivity contribution in [3.8, 4) is 6.07 Å². The van der Waals surface area contributed by atoms with Crippen LogP contribution in [0.4, 0.5) is 5.82 Å². The van der Waals surface area contributed by atoms with E-state index in [9.17, 15) is 0 Å². The van der Waals surface area contributed by atoms with Crippen LogP contribution in [0.2, 0.25) is 0 Å². The van der Waals surface area contributed by atoms with E-state index in [1.165, 1.54) is 6.20 Å². The molecule has 0 spiro atoms. The molecular formula is C12H15N3O2. The van der Waals surface area contributed by atoms with Gasteiger partial charge in [0.05, 0.1) is 24.9 Å². The average molecular weight is 233 g/mol. The number of pyridine rings is 1. The number of hydrogen-bond donors (Lipinski definition) is 1. The Balaban J connectivity index is 2.18. The van der Waals surface area contributed by atoms with Gasteiger partial charge in [0.15, 0.2) is 0 Å². The molecule has 5 nitrogen and oxygen atoms in total. The lowest BCUT2D eigenvalue weighted by Gasteiger charge is -2.16. The molecular weight excluding hydrogens is 218 g/mol. The molecule has 5 heteroatoms. The van der Waals surface area contributed by atoms with Crippen molar-refractivity contribution in [2.24, 2.45) is 5.92 Å². The molecule has 0 unspecified atom stereocenters. The molecule has 90 valence electrons. The zero-order valence-corrected chi connectivity index (χ0v) is 9.72. The van der Waals surface area contributed by atoms with E-state index in [1.54, 1.807) is 13.2 Å². The molecule has 0 aromatic carbocycles. The highest BCUT2D eigenvalue weighted by Crippen LogP contribution is 2.23. The third kappa shape index (κ3) is 2.54. The van der Waals surface area contributed by atoms with E-state index in [0.29, 0.717) is 24.6 Å². The summed E-state index contributed by atoms with van der Waals surface area (Å²) in [6, 6.07) is 3.88. The SMILES string of the molecule is CO[C@H]1COC[C@@H]1Cc1cc(N)ncc1C#N. The Morgan fingerprint density at radius 2 is 2.47 bits per heavy atom. The fraction of sp³-hybridized carbons (Fsp3) is 0.500. The lowest BCUT2D eigenvalue weighted by atomic mass is 9.94. The zero-order valence-electron chi connectivity index (χ0n) is 9.72. The summed E-state index contributed by atoms with van der Waals surface area (Å²) < 4.78 is 10.7. The van der Waals surface area contributed by atoms with Gasteiger partial charge in [0.1, 0.15) is 11.9 Å². The van der Waals surface area contributed by atoms with Crippen LogP contribution in [0.5, 0.6) is 0 Å². The first-order valence-corrected chi connectivity index (χ1v) is 5.49. The summed E-state index contributed by atoms with van der Waals surface area (Å²) >= 11 is 0. The molecule has 1 aromatic rings. The maximum absolute atomic E-state index is 9.01. The largest absolute Gasteiger partial charge is 0.384 e. The van der Waals surface area contributed by atoms with Crippen LogP contribution in [0.1, 0.15) is 11.1 Å². The van der Waals surface area contributed by atoms with Crippen LogP contribution < -0.4 is 5.73 Å². The second-order valence-electron chi connectivity index (χ2n) is 4.15. The predicted octanol–water partition coefficient (Wildman–Crippen LogP) is 0.739. The van der Waals surface area contributed by atoms with Crippen molar-refractivity contribution in [1.82, 2.24) is 4.98 Å². The minimum Gasteiger partial charge on any atom is -0.384 e. The quantitative estimate of drug-likeness (QED) is 0.832. The minimum atomic E-state index is 0.0935. The average Bonchev–Trinajstić information content (AvgIpc) is 2.77. The first-order valence-electron chi connectivity index (χ1n) is 5.49. The Morgan fingerprint density at radius 1 is 1.65 bits per heavy atom. The number of nitrogen functional groups attached to an aromatic ring is 1. The summed E-state index contributed by atoms with van der Waals surface area (Å²) in [7, 11) is 1.68. The molecule has 1 aliphatic rings. The van der Waals surface area contributed by atoms with Crippen molar-refractivity contribution in [3.63, 3.8) is 0 Å². The summed E-state index contributed by atoms with van der Waals surface area (Å²) in [6.07, 6.45) is 2.34. The highest BCUT2D eigenvalue weighted by atomic mass is 16.5. The van der Waals surface area contributed by atoms with Crippen LogP contribution in [0.25, 0.3) is 0 Å². The lowest BCUT2D eigenvalue weighted by molar-refractivity contribution is 0.0666. The lowest BCUT2D eigenvalue weighted by Crippen LogP contribution is -2.23. The van der Waals surface area contributed by atoms with E-state index in [0.717, 1.165) is 12.0 Å². The summed E-state index contributed by atoms with van der Waals surface area (Å²) in [5, 5.41) is 9.01. The summed E-state index contributed by atoms with van der Waals surface area (Å²) in [4.78, 5) is 3.92. The summed E-state index contributed by atoms with van der Waals surface area (Å²) in [5.41, 5.74) is 7.13. The molecule has 0 saturated carbocycles. The van der Waals surface area contributed by atoms with Gasteiger partial charge in [0.25, 0.3) is 0 Å². The fourth-order valence-electron chi connectivity index (χ4n) is 2.10. The van der Waals surface area contributed by atoms with E-state index in [4.69, 9.17) is 20.5 Å². The molecule has 1 saturated heterocycles. The van der Waals surface area contributed by atoms with Gasteiger partial charge in [0.2, 0.25) is 0 Å². The number of nitriles is 1. The Kier molecular flexibility index (Phi) is 3.57. The van der Waals surface area contributed by atoms with Crippen molar-refractivity contribution in [2.75, 3.05) is 26.1 Å². The summed E-state index contributed by atoms with van der Waals surface area (Å²) in [5.74, 6) is 0.709. The van der Waals surface area contributed by atoms with Crippen molar-refractivity contribution >= 4 is 5.82 Å². The van der Waals surface area contributed by atoms with Gasteiger partial charge in [0, 0.05) is 19.2 Å². The molecule has 2 N–H and O–H groups in total. The van der Waals surface area contributed by atoms with Crippen LogP contribution in [0.3, 0.4) is 0 Å². The van der Waals surface area contributed by atoms with Crippen molar-refractivity contribution < 1.29 is 9.47 Å². The summed E-state index contributed by atoms with van der Waals surface area (Å²) in [6.45, 7) is 1.27. The minimum absolute atomic E-state index is 0.0935. The van der Waals surface area contributed by atoms with Gasteiger partial charge in [-0.25, -0.2) is 4.98 Å². The Labute approximate surface area is 100 Å². The predicted molar refractivity (Wildman–Crippen MR) is 62.2 cm³/mol. The number of nitrogens with two attached hydrogens (primary N) is 1. The molecule has 0 radical (unpaired) electrons. The molecule has 1 fully saturated rings. The smallest absolute Gasteiger partial charge is 0.123 e. The topological polar surface area (TPSA) is 81.2 Å². The Hall–Kier alpha value is -1.64. The molecule has 1 aromatic heterocycles. The monoisotopic (exact) mass is 233 g/mol. The number of aromatic nitrogens is 1. The molecule has 0 aliphatic carbocycles. The highest BCUT2D eigenvalue weighted by molar-refractivity contribution is 5.43. The van der Waals surface area contributed by atoms with Crippen molar-refractivity contribution in [2.45, 2.75) is 12.5 Å². The number of rotatable bonds is 3. The maximum atomic E-state index is 9.01. The number of methoxy groups -OCH3 is 1. The first-order chi connectivity index (χ1) is 8.24. The Bertz CT molecular complexity index is 442. The Morgan fingerprint density at radius 3 is 3.18 bits per heavy atom. The molecule has 0 bridgehead atoms. The van der Waals surface area contributed by atoms with E-state index in [-0.39, 0.29) is 12.0 Å². The normalized spacial score (nSPS) is 23.5. The number of ether oxygens (including phenoxy) is 2. The highest BCUT2D eigenvalue weighted by Gasteiger charge is 2.28. The zero-order chi connectivity index (χ0) is 12.3. The van der Waals surface area contributed by atoms with Crippen molar-refractivity contribution in [1.29, 1.82) is 5.26 Å². The van der Waals surface area contributed by atoms with Gasteiger partial charge >= 0.3 is 0 Å². The van der Waals surface area contributed by atoms with E-state index in [2.05, 4.69) is 11.1 Å². The third-order valence-corrected chi connectivity index (χ3v) is 3.06. The van der Waals surface area contributed by atoms with E-state index >= 15 is 0 Å². The van der Waals surface area contributed by atoms with Gasteiger partial charge in [-0.2, -0.15) is 5.26 Å². The van der Waals surface area contributed by atoms with Gasteiger partial charge in [-0.3, -0.25) is 0 Å². The first kappa shape index (κ1) is 11.8.